The minimum absolute atomic E-state index is 0.321. The molecule has 4 nitrogen and oxygen atoms in total. The Morgan fingerprint density at radius 3 is 2.72 bits per heavy atom. The lowest BCUT2D eigenvalue weighted by Gasteiger charge is -2.08. The molecule has 0 unspecified atom stereocenters. The number of anilines is 3. The number of halogens is 1. The third-order valence-electron chi connectivity index (χ3n) is 2.30. The molecular weight excluding hydrogens is 251 g/mol. The quantitative estimate of drug-likeness (QED) is 0.659. The van der Waals surface area contributed by atoms with E-state index >= 15 is 0 Å². The van der Waals surface area contributed by atoms with Crippen LogP contribution in [0.25, 0.3) is 0 Å². The van der Waals surface area contributed by atoms with Gasteiger partial charge in [0.2, 0.25) is 0 Å². The maximum atomic E-state index is 13.7. The summed E-state index contributed by atoms with van der Waals surface area (Å²) in [4.78, 5) is 8.23. The van der Waals surface area contributed by atoms with Crippen LogP contribution in [0.2, 0.25) is 0 Å². The lowest BCUT2D eigenvalue weighted by molar-refractivity contribution is 0.630. The van der Waals surface area contributed by atoms with Crippen molar-refractivity contribution in [2.45, 2.75) is 12.1 Å². The average molecular weight is 264 g/mol. The monoisotopic (exact) mass is 264 g/mol. The van der Waals surface area contributed by atoms with Gasteiger partial charge in [0.15, 0.2) is 5.16 Å². The normalized spacial score (nSPS) is 10.4. The van der Waals surface area contributed by atoms with Crippen molar-refractivity contribution in [2.75, 3.05) is 17.3 Å². The topological polar surface area (TPSA) is 63.8 Å². The Hall–Kier alpha value is -1.82. The number of nitrogen functional groups attached to an aromatic ring is 1. The third kappa shape index (κ3) is 2.89. The molecule has 2 rings (SSSR count). The van der Waals surface area contributed by atoms with Gasteiger partial charge in [-0.2, -0.15) is 0 Å². The Balaban J connectivity index is 2.30. The van der Waals surface area contributed by atoms with Crippen LogP contribution in [-0.4, -0.2) is 16.2 Å². The predicted molar refractivity (Wildman–Crippen MR) is 72.6 cm³/mol. The molecule has 0 saturated heterocycles. The minimum atomic E-state index is -0.321. The summed E-state index contributed by atoms with van der Waals surface area (Å²) in [7, 11) is 0. The SMILES string of the molecule is CSc1nc(N)cc(Nc2ccc(C)cc2F)n1. The van der Waals surface area contributed by atoms with E-state index in [2.05, 4.69) is 15.3 Å². The molecule has 2 aromatic rings. The van der Waals surface area contributed by atoms with Gasteiger partial charge in [-0.1, -0.05) is 17.8 Å². The highest BCUT2D eigenvalue weighted by atomic mass is 32.2. The standard InChI is InChI=1S/C12H13FN4S/c1-7-3-4-9(8(13)5-7)15-11-6-10(14)16-12(17-11)18-2/h3-6H,1-2H3,(H3,14,15,16,17). The van der Waals surface area contributed by atoms with Gasteiger partial charge in [0, 0.05) is 6.07 Å². The van der Waals surface area contributed by atoms with Crippen LogP contribution in [0.4, 0.5) is 21.7 Å². The van der Waals surface area contributed by atoms with E-state index in [1.165, 1.54) is 17.8 Å². The van der Waals surface area contributed by atoms with Gasteiger partial charge < -0.3 is 11.1 Å². The molecule has 6 heteroatoms. The first-order valence-corrected chi connectivity index (χ1v) is 6.52. The molecular formula is C12H13FN4S. The second-order valence-electron chi connectivity index (χ2n) is 3.77. The maximum absolute atomic E-state index is 13.7. The highest BCUT2D eigenvalue weighted by molar-refractivity contribution is 7.98. The first-order valence-electron chi connectivity index (χ1n) is 5.30. The molecule has 0 aliphatic carbocycles. The summed E-state index contributed by atoms with van der Waals surface area (Å²) < 4.78 is 13.7. The molecule has 0 radical (unpaired) electrons. The van der Waals surface area contributed by atoms with Gasteiger partial charge in [0.1, 0.15) is 17.5 Å². The summed E-state index contributed by atoms with van der Waals surface area (Å²) in [6.07, 6.45) is 1.85. The average Bonchev–Trinajstić information content (AvgIpc) is 2.32. The van der Waals surface area contributed by atoms with Crippen LogP contribution < -0.4 is 11.1 Å². The number of aryl methyl sites for hydroxylation is 1. The third-order valence-corrected chi connectivity index (χ3v) is 2.84. The highest BCUT2D eigenvalue weighted by Gasteiger charge is 2.06. The molecule has 0 saturated carbocycles. The van der Waals surface area contributed by atoms with Crippen molar-refractivity contribution in [3.05, 3.63) is 35.6 Å². The molecule has 0 fully saturated rings. The van der Waals surface area contributed by atoms with Gasteiger partial charge in [0.05, 0.1) is 5.69 Å². The van der Waals surface area contributed by atoms with Crippen LogP contribution in [0.3, 0.4) is 0 Å². The zero-order valence-electron chi connectivity index (χ0n) is 10.1. The molecule has 0 amide bonds. The predicted octanol–water partition coefficient (Wildman–Crippen LogP) is 2.97. The number of nitrogens with zero attached hydrogens (tertiary/aromatic N) is 2. The van der Waals surface area contributed by atoms with Gasteiger partial charge in [-0.15, -0.1) is 0 Å². The molecule has 1 heterocycles. The number of benzene rings is 1. The first-order chi connectivity index (χ1) is 8.58. The number of aromatic nitrogens is 2. The number of hydrogen-bond donors (Lipinski definition) is 2. The number of nitrogens with one attached hydrogen (secondary N) is 1. The molecule has 0 atom stereocenters. The Kier molecular flexibility index (Phi) is 3.66. The van der Waals surface area contributed by atoms with Crippen molar-refractivity contribution >= 4 is 29.1 Å². The zero-order valence-corrected chi connectivity index (χ0v) is 10.9. The van der Waals surface area contributed by atoms with Gasteiger partial charge in [-0.3, -0.25) is 0 Å². The van der Waals surface area contributed by atoms with E-state index in [0.29, 0.717) is 22.5 Å². The zero-order chi connectivity index (χ0) is 13.1. The molecule has 94 valence electrons. The largest absolute Gasteiger partial charge is 0.383 e. The summed E-state index contributed by atoms with van der Waals surface area (Å²) in [5, 5.41) is 3.44. The lowest BCUT2D eigenvalue weighted by atomic mass is 10.2. The fourth-order valence-electron chi connectivity index (χ4n) is 1.46. The van der Waals surface area contributed by atoms with Crippen molar-refractivity contribution < 1.29 is 4.39 Å². The van der Waals surface area contributed by atoms with Gasteiger partial charge in [-0.05, 0) is 30.9 Å². The summed E-state index contributed by atoms with van der Waals surface area (Å²) in [6, 6.07) is 6.52. The second kappa shape index (κ2) is 5.22. The molecule has 0 bridgehead atoms. The van der Waals surface area contributed by atoms with E-state index in [9.17, 15) is 4.39 Å². The Morgan fingerprint density at radius 2 is 2.06 bits per heavy atom. The Morgan fingerprint density at radius 1 is 1.28 bits per heavy atom. The van der Waals surface area contributed by atoms with E-state index < -0.39 is 0 Å². The van der Waals surface area contributed by atoms with Crippen LogP contribution in [0.15, 0.2) is 29.4 Å². The van der Waals surface area contributed by atoms with Crippen molar-refractivity contribution in [1.82, 2.24) is 9.97 Å². The van der Waals surface area contributed by atoms with Crippen LogP contribution in [0.1, 0.15) is 5.56 Å². The van der Waals surface area contributed by atoms with E-state index in [-0.39, 0.29) is 5.82 Å². The Bertz CT molecular complexity index is 574. The van der Waals surface area contributed by atoms with E-state index in [1.807, 2.05) is 19.2 Å². The van der Waals surface area contributed by atoms with Gasteiger partial charge in [0.25, 0.3) is 0 Å². The number of nitrogens with two attached hydrogens (primary N) is 1. The molecule has 0 aliphatic heterocycles. The smallest absolute Gasteiger partial charge is 0.191 e. The van der Waals surface area contributed by atoms with E-state index in [1.54, 1.807) is 12.1 Å². The van der Waals surface area contributed by atoms with Gasteiger partial charge >= 0.3 is 0 Å². The summed E-state index contributed by atoms with van der Waals surface area (Å²) in [5.41, 5.74) is 6.88. The van der Waals surface area contributed by atoms with Gasteiger partial charge in [-0.25, -0.2) is 14.4 Å². The molecule has 0 spiro atoms. The first kappa shape index (κ1) is 12.6. The van der Waals surface area contributed by atoms with Crippen molar-refractivity contribution in [3.8, 4) is 0 Å². The fourth-order valence-corrected chi connectivity index (χ4v) is 1.84. The van der Waals surface area contributed by atoms with E-state index in [0.717, 1.165) is 5.56 Å². The summed E-state index contributed by atoms with van der Waals surface area (Å²) >= 11 is 1.38. The van der Waals surface area contributed by atoms with Crippen LogP contribution >= 0.6 is 11.8 Å². The van der Waals surface area contributed by atoms with E-state index in [4.69, 9.17) is 5.73 Å². The molecule has 0 aliphatic rings. The minimum Gasteiger partial charge on any atom is -0.383 e. The van der Waals surface area contributed by atoms with Crippen molar-refractivity contribution in [1.29, 1.82) is 0 Å². The lowest BCUT2D eigenvalue weighted by Crippen LogP contribution is -2.01. The number of hydrogen-bond acceptors (Lipinski definition) is 5. The second-order valence-corrected chi connectivity index (χ2v) is 4.55. The van der Waals surface area contributed by atoms with Crippen molar-refractivity contribution in [3.63, 3.8) is 0 Å². The highest BCUT2D eigenvalue weighted by Crippen LogP contribution is 2.22. The fraction of sp³-hybridized carbons (Fsp3) is 0.167. The number of thioether (sulfide) groups is 1. The maximum Gasteiger partial charge on any atom is 0.191 e. The van der Waals surface area contributed by atoms with Crippen molar-refractivity contribution in [2.24, 2.45) is 0 Å². The summed E-state index contributed by atoms with van der Waals surface area (Å²) in [5.74, 6) is 0.511. The summed E-state index contributed by atoms with van der Waals surface area (Å²) in [6.45, 7) is 1.83. The Labute approximate surface area is 109 Å². The van der Waals surface area contributed by atoms with Crippen LogP contribution in [0, 0.1) is 12.7 Å². The molecule has 1 aromatic carbocycles. The molecule has 3 N–H and O–H groups in total. The number of rotatable bonds is 3. The van der Waals surface area contributed by atoms with Crippen LogP contribution in [-0.2, 0) is 0 Å². The molecule has 1 aromatic heterocycles. The van der Waals surface area contributed by atoms with Crippen LogP contribution in [0.5, 0.6) is 0 Å². The molecule has 18 heavy (non-hydrogen) atoms.